The molecule has 0 saturated heterocycles. The van der Waals surface area contributed by atoms with E-state index in [-0.39, 0.29) is 5.02 Å². The van der Waals surface area contributed by atoms with Gasteiger partial charge in [-0.15, -0.1) is 0 Å². The number of halogens is 2. The smallest absolute Gasteiger partial charge is 0.344 e. The van der Waals surface area contributed by atoms with Crippen LogP contribution in [0.3, 0.4) is 0 Å². The summed E-state index contributed by atoms with van der Waals surface area (Å²) in [7, 11) is 1.53. The van der Waals surface area contributed by atoms with E-state index in [1.165, 1.54) is 26.2 Å². The summed E-state index contributed by atoms with van der Waals surface area (Å²) in [6.45, 7) is 1.07. The van der Waals surface area contributed by atoms with Crippen LogP contribution >= 0.6 is 23.2 Å². The largest absolute Gasteiger partial charge is 0.497 e. The van der Waals surface area contributed by atoms with Gasteiger partial charge < -0.3 is 19.5 Å². The topological polar surface area (TPSA) is 73.9 Å². The number of rotatable bonds is 7. The van der Waals surface area contributed by atoms with E-state index in [4.69, 9.17) is 37.4 Å². The molecule has 2 aromatic carbocycles. The normalized spacial score (nSPS) is 11.4. The van der Waals surface area contributed by atoms with Crippen LogP contribution < -0.4 is 14.8 Å². The monoisotopic (exact) mass is 397 g/mol. The summed E-state index contributed by atoms with van der Waals surface area (Å²) in [4.78, 5) is 24.0. The first-order valence-electron chi connectivity index (χ1n) is 7.61. The van der Waals surface area contributed by atoms with Crippen LogP contribution in [0.1, 0.15) is 6.92 Å². The van der Waals surface area contributed by atoms with Crippen molar-refractivity contribution in [2.75, 3.05) is 19.0 Å². The Morgan fingerprint density at radius 2 is 1.92 bits per heavy atom. The third-order valence-electron chi connectivity index (χ3n) is 3.25. The first-order chi connectivity index (χ1) is 12.4. The predicted octanol–water partition coefficient (Wildman–Crippen LogP) is 3.95. The number of hydrogen-bond donors (Lipinski definition) is 1. The van der Waals surface area contributed by atoms with E-state index in [2.05, 4.69) is 5.32 Å². The van der Waals surface area contributed by atoms with E-state index >= 15 is 0 Å². The van der Waals surface area contributed by atoms with Crippen LogP contribution in [0.5, 0.6) is 11.5 Å². The number of benzene rings is 2. The van der Waals surface area contributed by atoms with E-state index < -0.39 is 24.6 Å². The fourth-order valence-electron chi connectivity index (χ4n) is 1.96. The van der Waals surface area contributed by atoms with Crippen molar-refractivity contribution in [3.63, 3.8) is 0 Å². The number of carbonyl (C=O) groups excluding carboxylic acids is 2. The van der Waals surface area contributed by atoms with Crippen LogP contribution in [0, 0.1) is 0 Å². The summed E-state index contributed by atoms with van der Waals surface area (Å²) in [5.74, 6) is -0.289. The SMILES string of the molecule is COc1cccc(NC(=O)[C@H](C)OC(=O)COc2ccc(Cl)cc2Cl)c1. The van der Waals surface area contributed by atoms with Crippen molar-refractivity contribution in [1.82, 2.24) is 0 Å². The lowest BCUT2D eigenvalue weighted by atomic mass is 10.3. The molecule has 0 radical (unpaired) electrons. The van der Waals surface area contributed by atoms with Crippen molar-refractivity contribution >= 4 is 40.8 Å². The van der Waals surface area contributed by atoms with Crippen LogP contribution in [0.25, 0.3) is 0 Å². The minimum Gasteiger partial charge on any atom is -0.497 e. The maximum Gasteiger partial charge on any atom is 0.344 e. The van der Waals surface area contributed by atoms with Gasteiger partial charge in [-0.25, -0.2) is 4.79 Å². The van der Waals surface area contributed by atoms with E-state index in [1.54, 1.807) is 30.3 Å². The summed E-state index contributed by atoms with van der Waals surface area (Å²) in [5.41, 5.74) is 0.529. The van der Waals surface area contributed by atoms with Crippen molar-refractivity contribution in [2.24, 2.45) is 0 Å². The van der Waals surface area contributed by atoms with Crippen molar-refractivity contribution in [3.05, 3.63) is 52.5 Å². The molecule has 2 aromatic rings. The van der Waals surface area contributed by atoms with E-state index in [9.17, 15) is 9.59 Å². The van der Waals surface area contributed by atoms with Crippen molar-refractivity contribution in [1.29, 1.82) is 0 Å². The summed E-state index contributed by atoms with van der Waals surface area (Å²) >= 11 is 11.7. The molecule has 26 heavy (non-hydrogen) atoms. The molecule has 0 aliphatic rings. The maximum atomic E-state index is 12.1. The Hall–Kier alpha value is -2.44. The summed E-state index contributed by atoms with van der Waals surface area (Å²) in [6, 6.07) is 11.4. The van der Waals surface area contributed by atoms with E-state index in [0.29, 0.717) is 22.2 Å². The number of hydrogen-bond acceptors (Lipinski definition) is 5. The van der Waals surface area contributed by atoms with Crippen molar-refractivity contribution < 1.29 is 23.8 Å². The lowest BCUT2D eigenvalue weighted by Gasteiger charge is -2.14. The van der Waals surface area contributed by atoms with Crippen LogP contribution in [0.2, 0.25) is 10.0 Å². The zero-order valence-corrected chi connectivity index (χ0v) is 15.6. The molecule has 0 saturated carbocycles. The van der Waals surface area contributed by atoms with Crippen LogP contribution in [0.4, 0.5) is 5.69 Å². The number of carbonyl (C=O) groups is 2. The Kier molecular flexibility index (Phi) is 7.12. The molecule has 0 aromatic heterocycles. The Balaban J connectivity index is 1.84. The highest BCUT2D eigenvalue weighted by Gasteiger charge is 2.19. The molecule has 1 amide bonds. The predicted molar refractivity (Wildman–Crippen MR) is 99.1 cm³/mol. The van der Waals surface area contributed by atoms with Gasteiger partial charge in [0.25, 0.3) is 5.91 Å². The molecule has 2 rings (SSSR count). The summed E-state index contributed by atoms with van der Waals surface area (Å²) in [6.07, 6.45) is -1.00. The average Bonchev–Trinajstić information content (AvgIpc) is 2.61. The minimum atomic E-state index is -1.00. The fourth-order valence-corrected chi connectivity index (χ4v) is 2.42. The molecule has 0 unspecified atom stereocenters. The number of anilines is 1. The molecule has 0 fully saturated rings. The average molecular weight is 398 g/mol. The van der Waals surface area contributed by atoms with Gasteiger partial charge in [0.1, 0.15) is 11.5 Å². The Morgan fingerprint density at radius 3 is 2.62 bits per heavy atom. The molecule has 6 nitrogen and oxygen atoms in total. The van der Waals surface area contributed by atoms with Gasteiger partial charge >= 0.3 is 5.97 Å². The molecule has 0 bridgehead atoms. The zero-order valence-electron chi connectivity index (χ0n) is 14.1. The van der Waals surface area contributed by atoms with Crippen LogP contribution in [-0.2, 0) is 14.3 Å². The van der Waals surface area contributed by atoms with Gasteiger partial charge in [-0.05, 0) is 37.3 Å². The van der Waals surface area contributed by atoms with E-state index in [1.807, 2.05) is 0 Å². The first-order valence-corrected chi connectivity index (χ1v) is 8.37. The van der Waals surface area contributed by atoms with Gasteiger partial charge in [-0.3, -0.25) is 4.79 Å². The summed E-state index contributed by atoms with van der Waals surface area (Å²) in [5, 5.41) is 3.36. The summed E-state index contributed by atoms with van der Waals surface area (Å²) < 4.78 is 15.4. The second kappa shape index (κ2) is 9.31. The highest BCUT2D eigenvalue weighted by atomic mass is 35.5. The van der Waals surface area contributed by atoms with Crippen LogP contribution in [-0.4, -0.2) is 31.7 Å². The lowest BCUT2D eigenvalue weighted by Crippen LogP contribution is -2.31. The van der Waals surface area contributed by atoms with Gasteiger partial charge in [-0.2, -0.15) is 0 Å². The van der Waals surface area contributed by atoms with Crippen LogP contribution in [0.15, 0.2) is 42.5 Å². The molecular weight excluding hydrogens is 381 g/mol. The second-order valence-electron chi connectivity index (χ2n) is 5.22. The second-order valence-corrected chi connectivity index (χ2v) is 6.06. The number of esters is 1. The molecule has 0 spiro atoms. The molecule has 1 N–H and O–H groups in total. The third kappa shape index (κ3) is 5.82. The first kappa shape index (κ1) is 19.9. The quantitative estimate of drug-likeness (QED) is 0.715. The van der Waals surface area contributed by atoms with Gasteiger partial charge in [-0.1, -0.05) is 29.3 Å². The molecule has 0 aliphatic carbocycles. The minimum absolute atomic E-state index is 0.272. The number of amides is 1. The van der Waals surface area contributed by atoms with Crippen molar-refractivity contribution in [3.8, 4) is 11.5 Å². The van der Waals surface area contributed by atoms with Gasteiger partial charge in [0.15, 0.2) is 12.7 Å². The maximum absolute atomic E-state index is 12.1. The molecule has 138 valence electrons. The highest BCUT2D eigenvalue weighted by molar-refractivity contribution is 6.35. The molecule has 1 atom stereocenters. The number of methoxy groups -OCH3 is 1. The van der Waals surface area contributed by atoms with Gasteiger partial charge in [0.05, 0.1) is 12.1 Å². The Morgan fingerprint density at radius 1 is 1.15 bits per heavy atom. The molecule has 0 heterocycles. The molecular formula is C18H17Cl2NO5. The fraction of sp³-hybridized carbons (Fsp3) is 0.222. The Bertz CT molecular complexity index is 797. The number of ether oxygens (including phenoxy) is 3. The van der Waals surface area contributed by atoms with Gasteiger partial charge in [0.2, 0.25) is 0 Å². The van der Waals surface area contributed by atoms with E-state index in [0.717, 1.165) is 0 Å². The third-order valence-corrected chi connectivity index (χ3v) is 3.78. The lowest BCUT2D eigenvalue weighted by molar-refractivity contribution is -0.155. The van der Waals surface area contributed by atoms with Crippen molar-refractivity contribution in [2.45, 2.75) is 13.0 Å². The molecule has 8 heteroatoms. The Labute approximate surface area is 160 Å². The number of nitrogens with one attached hydrogen (secondary N) is 1. The van der Waals surface area contributed by atoms with Gasteiger partial charge in [0, 0.05) is 16.8 Å². The zero-order chi connectivity index (χ0) is 19.1. The highest BCUT2D eigenvalue weighted by Crippen LogP contribution is 2.27. The molecule has 0 aliphatic heterocycles. The standard InChI is InChI=1S/C18H17Cl2NO5/c1-11(18(23)21-13-4-3-5-14(9-13)24-2)26-17(22)10-25-16-7-6-12(19)8-15(16)20/h3-9,11H,10H2,1-2H3,(H,21,23)/t11-/m0/s1.